The van der Waals surface area contributed by atoms with E-state index in [9.17, 15) is 0 Å². The summed E-state index contributed by atoms with van der Waals surface area (Å²) in [5.41, 5.74) is 8.48. The molecule has 0 saturated carbocycles. The van der Waals surface area contributed by atoms with Gasteiger partial charge in [0.25, 0.3) is 0 Å². The molecule has 0 aromatic heterocycles. The second kappa shape index (κ2) is 6.51. The molecular weight excluding hydrogens is 236 g/mol. The van der Waals surface area contributed by atoms with Gasteiger partial charge in [0.2, 0.25) is 0 Å². The maximum atomic E-state index is 5.71. The van der Waals surface area contributed by atoms with Crippen molar-refractivity contribution in [3.05, 3.63) is 35.4 Å². The first-order valence-electron chi connectivity index (χ1n) is 7.24. The molecule has 0 bridgehead atoms. The van der Waals surface area contributed by atoms with E-state index >= 15 is 0 Å². The van der Waals surface area contributed by atoms with Gasteiger partial charge in [0.15, 0.2) is 0 Å². The van der Waals surface area contributed by atoms with Gasteiger partial charge in [-0.25, -0.2) is 0 Å². The second-order valence-corrected chi connectivity index (χ2v) is 5.87. The fourth-order valence-electron chi connectivity index (χ4n) is 2.48. The Morgan fingerprint density at radius 2 is 2.00 bits per heavy atom. The summed E-state index contributed by atoms with van der Waals surface area (Å²) in [5, 5.41) is 0. The van der Waals surface area contributed by atoms with Crippen LogP contribution in [0.4, 0.5) is 0 Å². The molecule has 106 valence electrons. The number of hydrogen-bond acceptors (Lipinski definition) is 3. The topological polar surface area (TPSA) is 38.5 Å². The number of ether oxygens (including phenoxy) is 1. The van der Waals surface area contributed by atoms with Crippen LogP contribution in [0.15, 0.2) is 24.3 Å². The van der Waals surface area contributed by atoms with Crippen LogP contribution in [0.5, 0.6) is 0 Å². The minimum Gasteiger partial charge on any atom is -0.374 e. The van der Waals surface area contributed by atoms with E-state index in [0.29, 0.717) is 18.5 Å². The van der Waals surface area contributed by atoms with Gasteiger partial charge in [-0.1, -0.05) is 38.1 Å². The lowest BCUT2D eigenvalue weighted by atomic mass is 10.0. The maximum Gasteiger partial charge on any atom is 0.0824 e. The molecule has 1 aromatic rings. The van der Waals surface area contributed by atoms with E-state index in [2.05, 4.69) is 49.9 Å². The SMILES string of the molecule is CC(C)c1ccc(CN2CC(CN)OCC2C)cc1. The van der Waals surface area contributed by atoms with Crippen LogP contribution >= 0.6 is 0 Å². The van der Waals surface area contributed by atoms with Gasteiger partial charge < -0.3 is 10.5 Å². The van der Waals surface area contributed by atoms with E-state index in [1.165, 1.54) is 11.1 Å². The average molecular weight is 262 g/mol. The van der Waals surface area contributed by atoms with Gasteiger partial charge in [-0.05, 0) is 24.0 Å². The number of benzene rings is 1. The summed E-state index contributed by atoms with van der Waals surface area (Å²) in [7, 11) is 0. The van der Waals surface area contributed by atoms with E-state index < -0.39 is 0 Å². The first kappa shape index (κ1) is 14.5. The van der Waals surface area contributed by atoms with Crippen molar-refractivity contribution in [2.75, 3.05) is 19.7 Å². The summed E-state index contributed by atoms with van der Waals surface area (Å²) in [6, 6.07) is 9.44. The zero-order chi connectivity index (χ0) is 13.8. The maximum absolute atomic E-state index is 5.71. The highest BCUT2D eigenvalue weighted by Crippen LogP contribution is 2.18. The molecule has 2 unspecified atom stereocenters. The molecule has 1 aromatic carbocycles. The lowest BCUT2D eigenvalue weighted by molar-refractivity contribution is -0.0567. The molecule has 3 heteroatoms. The molecule has 0 spiro atoms. The predicted octanol–water partition coefficient (Wildman–Crippen LogP) is 2.36. The monoisotopic (exact) mass is 262 g/mol. The molecule has 1 aliphatic rings. The Morgan fingerprint density at radius 3 is 2.58 bits per heavy atom. The van der Waals surface area contributed by atoms with Crippen LogP contribution in [0.1, 0.15) is 37.8 Å². The Hall–Kier alpha value is -0.900. The summed E-state index contributed by atoms with van der Waals surface area (Å²) < 4.78 is 5.69. The largest absolute Gasteiger partial charge is 0.374 e. The van der Waals surface area contributed by atoms with Crippen molar-refractivity contribution < 1.29 is 4.74 Å². The minimum absolute atomic E-state index is 0.186. The van der Waals surface area contributed by atoms with Crippen LogP contribution in [0.2, 0.25) is 0 Å². The lowest BCUT2D eigenvalue weighted by Gasteiger charge is -2.37. The second-order valence-electron chi connectivity index (χ2n) is 5.87. The van der Waals surface area contributed by atoms with E-state index in [-0.39, 0.29) is 6.10 Å². The Balaban J connectivity index is 1.99. The van der Waals surface area contributed by atoms with Crippen molar-refractivity contribution >= 4 is 0 Å². The molecule has 1 aliphatic heterocycles. The molecule has 0 amide bonds. The first-order valence-corrected chi connectivity index (χ1v) is 7.24. The van der Waals surface area contributed by atoms with Crippen LogP contribution in [0, 0.1) is 0 Å². The number of rotatable bonds is 4. The van der Waals surface area contributed by atoms with Crippen LogP contribution in [0.25, 0.3) is 0 Å². The molecular formula is C16H26N2O. The number of hydrogen-bond donors (Lipinski definition) is 1. The normalized spacial score (nSPS) is 24.9. The van der Waals surface area contributed by atoms with Crippen molar-refractivity contribution in [1.29, 1.82) is 0 Å². The Bertz CT molecular complexity index is 388. The highest BCUT2D eigenvalue weighted by Gasteiger charge is 2.24. The highest BCUT2D eigenvalue weighted by atomic mass is 16.5. The molecule has 3 nitrogen and oxygen atoms in total. The van der Waals surface area contributed by atoms with Crippen molar-refractivity contribution in [2.24, 2.45) is 5.73 Å². The minimum atomic E-state index is 0.186. The molecule has 2 N–H and O–H groups in total. The fraction of sp³-hybridized carbons (Fsp3) is 0.625. The summed E-state index contributed by atoms with van der Waals surface area (Å²) in [6.45, 7) is 9.98. The summed E-state index contributed by atoms with van der Waals surface area (Å²) in [5.74, 6) is 0.595. The number of morpholine rings is 1. The van der Waals surface area contributed by atoms with E-state index in [1.54, 1.807) is 0 Å². The Morgan fingerprint density at radius 1 is 1.32 bits per heavy atom. The smallest absolute Gasteiger partial charge is 0.0824 e. The average Bonchev–Trinajstić information content (AvgIpc) is 2.42. The van der Waals surface area contributed by atoms with Crippen LogP contribution < -0.4 is 5.73 Å². The standard InChI is InChI=1S/C16H26N2O/c1-12(2)15-6-4-14(5-7-15)9-18-10-16(8-17)19-11-13(18)3/h4-7,12-13,16H,8-11,17H2,1-3H3. The van der Waals surface area contributed by atoms with E-state index in [4.69, 9.17) is 10.5 Å². The molecule has 2 atom stereocenters. The Kier molecular flexibility index (Phi) is 4.97. The molecule has 1 saturated heterocycles. The van der Waals surface area contributed by atoms with Gasteiger partial charge in [0.05, 0.1) is 12.7 Å². The molecule has 0 aliphatic carbocycles. The van der Waals surface area contributed by atoms with E-state index in [0.717, 1.165) is 19.7 Å². The fourth-order valence-corrected chi connectivity index (χ4v) is 2.48. The zero-order valence-electron chi connectivity index (χ0n) is 12.3. The Labute approximate surface area is 116 Å². The van der Waals surface area contributed by atoms with Gasteiger partial charge in [-0.15, -0.1) is 0 Å². The summed E-state index contributed by atoms with van der Waals surface area (Å²) in [6.07, 6.45) is 0.186. The quantitative estimate of drug-likeness (QED) is 0.905. The van der Waals surface area contributed by atoms with Gasteiger partial charge in [0.1, 0.15) is 0 Å². The van der Waals surface area contributed by atoms with Crippen LogP contribution in [-0.4, -0.2) is 36.7 Å². The molecule has 19 heavy (non-hydrogen) atoms. The van der Waals surface area contributed by atoms with Gasteiger partial charge in [0, 0.05) is 25.7 Å². The first-order chi connectivity index (χ1) is 9.10. The highest BCUT2D eigenvalue weighted by molar-refractivity contribution is 5.24. The van der Waals surface area contributed by atoms with Crippen LogP contribution in [0.3, 0.4) is 0 Å². The molecule has 0 radical (unpaired) electrons. The van der Waals surface area contributed by atoms with Gasteiger partial charge in [-0.3, -0.25) is 4.90 Å². The molecule has 2 rings (SSSR count). The van der Waals surface area contributed by atoms with Crippen LogP contribution in [-0.2, 0) is 11.3 Å². The van der Waals surface area contributed by atoms with Crippen molar-refractivity contribution in [3.63, 3.8) is 0 Å². The third-order valence-electron chi connectivity index (χ3n) is 3.93. The number of nitrogens with zero attached hydrogens (tertiary/aromatic N) is 1. The van der Waals surface area contributed by atoms with Crippen molar-refractivity contribution in [2.45, 2.75) is 45.4 Å². The van der Waals surface area contributed by atoms with Gasteiger partial charge in [-0.2, -0.15) is 0 Å². The predicted molar refractivity (Wildman–Crippen MR) is 79.2 cm³/mol. The van der Waals surface area contributed by atoms with Gasteiger partial charge >= 0.3 is 0 Å². The summed E-state index contributed by atoms with van der Waals surface area (Å²) in [4.78, 5) is 2.46. The third-order valence-corrected chi connectivity index (χ3v) is 3.93. The van der Waals surface area contributed by atoms with E-state index in [1.807, 2.05) is 0 Å². The third kappa shape index (κ3) is 3.78. The van der Waals surface area contributed by atoms with Crippen molar-refractivity contribution in [3.8, 4) is 0 Å². The molecule has 1 fully saturated rings. The van der Waals surface area contributed by atoms with Crippen molar-refractivity contribution in [1.82, 2.24) is 4.90 Å². The summed E-state index contributed by atoms with van der Waals surface area (Å²) >= 11 is 0. The zero-order valence-corrected chi connectivity index (χ0v) is 12.3. The molecule has 1 heterocycles. The number of nitrogens with two attached hydrogens (primary N) is 1. The lowest BCUT2D eigenvalue weighted by Crippen LogP contribution is -2.49.